The minimum atomic E-state index is -0.974. The number of hydrogen-bond acceptors (Lipinski definition) is 3. The highest BCUT2D eigenvalue weighted by atomic mass is 19.1. The van der Waals surface area contributed by atoms with E-state index in [1.54, 1.807) is 13.8 Å². The van der Waals surface area contributed by atoms with Crippen LogP contribution in [0.3, 0.4) is 0 Å². The van der Waals surface area contributed by atoms with Crippen molar-refractivity contribution in [1.82, 2.24) is 10.2 Å². The standard InChI is InChI=1S/C14H21FN2O3/c1-4-17(9-14(2,3)20)13(19)16-8-10-5-6-12(18)11(15)7-10/h5-7,18,20H,4,8-9H2,1-3H3,(H,16,19). The molecule has 1 aromatic rings. The molecule has 0 atom stereocenters. The number of nitrogens with zero attached hydrogens (tertiary/aromatic N) is 1. The molecule has 0 radical (unpaired) electrons. The second-order valence-corrected chi connectivity index (χ2v) is 5.27. The first-order valence-electron chi connectivity index (χ1n) is 6.45. The molecule has 0 aliphatic heterocycles. The predicted molar refractivity (Wildman–Crippen MR) is 73.8 cm³/mol. The van der Waals surface area contributed by atoms with Crippen molar-refractivity contribution in [3.8, 4) is 5.75 Å². The van der Waals surface area contributed by atoms with E-state index in [1.165, 1.54) is 23.1 Å². The van der Waals surface area contributed by atoms with Crippen LogP contribution in [0.1, 0.15) is 26.3 Å². The van der Waals surface area contributed by atoms with Crippen LogP contribution < -0.4 is 5.32 Å². The summed E-state index contributed by atoms with van der Waals surface area (Å²) in [6, 6.07) is 3.61. The number of benzene rings is 1. The molecule has 0 unspecified atom stereocenters. The van der Waals surface area contributed by atoms with Crippen LogP contribution in [-0.2, 0) is 6.54 Å². The first-order chi connectivity index (χ1) is 9.23. The molecule has 1 aromatic carbocycles. The van der Waals surface area contributed by atoms with Gasteiger partial charge in [-0.1, -0.05) is 6.07 Å². The van der Waals surface area contributed by atoms with Gasteiger partial charge in [0.05, 0.1) is 12.1 Å². The van der Waals surface area contributed by atoms with Gasteiger partial charge < -0.3 is 20.4 Å². The predicted octanol–water partition coefficient (Wildman–Crippen LogP) is 1.83. The summed E-state index contributed by atoms with van der Waals surface area (Å²) in [5, 5.41) is 21.4. The highest BCUT2D eigenvalue weighted by Crippen LogP contribution is 2.16. The van der Waals surface area contributed by atoms with Gasteiger partial charge in [-0.15, -0.1) is 0 Å². The topological polar surface area (TPSA) is 72.8 Å². The molecule has 0 bridgehead atoms. The zero-order valence-electron chi connectivity index (χ0n) is 12.0. The van der Waals surface area contributed by atoms with E-state index in [-0.39, 0.29) is 19.1 Å². The van der Waals surface area contributed by atoms with Gasteiger partial charge >= 0.3 is 6.03 Å². The van der Waals surface area contributed by atoms with Crippen LogP contribution in [-0.4, -0.2) is 39.8 Å². The molecule has 20 heavy (non-hydrogen) atoms. The van der Waals surface area contributed by atoms with E-state index in [1.807, 2.05) is 6.92 Å². The van der Waals surface area contributed by atoms with Crippen LogP contribution in [0, 0.1) is 5.82 Å². The monoisotopic (exact) mass is 284 g/mol. The van der Waals surface area contributed by atoms with Crippen molar-refractivity contribution in [2.75, 3.05) is 13.1 Å². The molecule has 1 rings (SSSR count). The molecule has 2 amide bonds. The van der Waals surface area contributed by atoms with Gasteiger partial charge in [0.2, 0.25) is 0 Å². The Morgan fingerprint density at radius 3 is 2.60 bits per heavy atom. The third-order valence-corrected chi connectivity index (χ3v) is 2.70. The minimum Gasteiger partial charge on any atom is -0.505 e. The molecule has 0 fully saturated rings. The van der Waals surface area contributed by atoms with Gasteiger partial charge in [-0.3, -0.25) is 0 Å². The molecule has 0 aliphatic carbocycles. The number of halogens is 1. The number of rotatable bonds is 5. The highest BCUT2D eigenvalue weighted by Gasteiger charge is 2.20. The number of nitrogens with one attached hydrogen (secondary N) is 1. The second-order valence-electron chi connectivity index (χ2n) is 5.27. The zero-order chi connectivity index (χ0) is 15.3. The van der Waals surface area contributed by atoms with Crippen LogP contribution in [0.4, 0.5) is 9.18 Å². The zero-order valence-corrected chi connectivity index (χ0v) is 12.0. The van der Waals surface area contributed by atoms with Gasteiger partial charge in [0.1, 0.15) is 0 Å². The number of likely N-dealkylation sites (N-methyl/N-ethyl adjacent to an activating group) is 1. The largest absolute Gasteiger partial charge is 0.505 e. The van der Waals surface area contributed by atoms with Crippen LogP contribution >= 0.6 is 0 Å². The Labute approximate surface area is 118 Å². The fourth-order valence-corrected chi connectivity index (χ4v) is 1.74. The molecule has 6 heteroatoms. The lowest BCUT2D eigenvalue weighted by atomic mass is 10.1. The van der Waals surface area contributed by atoms with E-state index < -0.39 is 17.2 Å². The maximum atomic E-state index is 13.1. The first kappa shape index (κ1) is 16.2. The third-order valence-electron chi connectivity index (χ3n) is 2.70. The Morgan fingerprint density at radius 1 is 1.45 bits per heavy atom. The summed E-state index contributed by atoms with van der Waals surface area (Å²) in [4.78, 5) is 13.4. The Balaban J connectivity index is 2.59. The average molecular weight is 284 g/mol. The Bertz CT molecular complexity index is 472. The van der Waals surface area contributed by atoms with Gasteiger partial charge in [-0.05, 0) is 38.5 Å². The van der Waals surface area contributed by atoms with Crippen molar-refractivity contribution in [2.24, 2.45) is 0 Å². The molecular formula is C14H21FN2O3. The molecule has 0 aromatic heterocycles. The summed E-state index contributed by atoms with van der Waals surface area (Å²) in [6.07, 6.45) is 0. The summed E-state index contributed by atoms with van der Waals surface area (Å²) >= 11 is 0. The van der Waals surface area contributed by atoms with Crippen LogP contribution in [0.2, 0.25) is 0 Å². The number of hydrogen-bond donors (Lipinski definition) is 3. The van der Waals surface area contributed by atoms with Crippen LogP contribution in [0.15, 0.2) is 18.2 Å². The van der Waals surface area contributed by atoms with Crippen LogP contribution in [0.25, 0.3) is 0 Å². The molecule has 112 valence electrons. The van der Waals surface area contributed by atoms with Crippen molar-refractivity contribution in [3.05, 3.63) is 29.6 Å². The van der Waals surface area contributed by atoms with Crippen molar-refractivity contribution in [2.45, 2.75) is 32.9 Å². The smallest absolute Gasteiger partial charge is 0.317 e. The molecule has 0 saturated carbocycles. The fraction of sp³-hybridized carbons (Fsp3) is 0.500. The minimum absolute atomic E-state index is 0.151. The van der Waals surface area contributed by atoms with Crippen molar-refractivity contribution < 1.29 is 19.4 Å². The Hall–Kier alpha value is -1.82. The van der Waals surface area contributed by atoms with E-state index in [4.69, 9.17) is 5.11 Å². The van der Waals surface area contributed by atoms with E-state index in [0.717, 1.165) is 0 Å². The van der Waals surface area contributed by atoms with Gasteiger partial charge in [0, 0.05) is 13.1 Å². The maximum absolute atomic E-state index is 13.1. The summed E-state index contributed by atoms with van der Waals surface area (Å²) in [5.74, 6) is -1.14. The fourth-order valence-electron chi connectivity index (χ4n) is 1.74. The summed E-state index contributed by atoms with van der Waals surface area (Å²) < 4.78 is 13.1. The molecule has 0 saturated heterocycles. The van der Waals surface area contributed by atoms with Crippen LogP contribution in [0.5, 0.6) is 5.75 Å². The second kappa shape index (κ2) is 6.56. The van der Waals surface area contributed by atoms with E-state index in [9.17, 15) is 14.3 Å². The number of aliphatic hydroxyl groups is 1. The number of carbonyl (C=O) groups excluding carboxylic acids is 1. The number of urea groups is 1. The van der Waals surface area contributed by atoms with Gasteiger partial charge in [-0.2, -0.15) is 0 Å². The lowest BCUT2D eigenvalue weighted by Crippen LogP contribution is -2.46. The molecular weight excluding hydrogens is 263 g/mol. The highest BCUT2D eigenvalue weighted by molar-refractivity contribution is 5.74. The SMILES string of the molecule is CCN(CC(C)(C)O)C(=O)NCc1ccc(O)c(F)c1. The number of phenols is 1. The van der Waals surface area contributed by atoms with Crippen molar-refractivity contribution in [1.29, 1.82) is 0 Å². The van der Waals surface area contributed by atoms with Gasteiger partial charge in [-0.25, -0.2) is 9.18 Å². The number of amides is 2. The summed E-state index contributed by atoms with van der Waals surface area (Å²) in [6.45, 7) is 5.87. The number of aromatic hydroxyl groups is 1. The molecule has 5 nitrogen and oxygen atoms in total. The lowest BCUT2D eigenvalue weighted by molar-refractivity contribution is 0.0480. The number of carbonyl (C=O) groups is 1. The summed E-state index contributed by atoms with van der Waals surface area (Å²) in [7, 11) is 0. The maximum Gasteiger partial charge on any atom is 0.317 e. The number of phenolic OH excluding ortho intramolecular Hbond substituents is 1. The van der Waals surface area contributed by atoms with E-state index in [2.05, 4.69) is 5.32 Å². The Morgan fingerprint density at radius 2 is 2.10 bits per heavy atom. The average Bonchev–Trinajstić information content (AvgIpc) is 2.36. The van der Waals surface area contributed by atoms with Crippen molar-refractivity contribution >= 4 is 6.03 Å². The lowest BCUT2D eigenvalue weighted by Gasteiger charge is -2.28. The normalized spacial score (nSPS) is 11.2. The van der Waals surface area contributed by atoms with Gasteiger partial charge in [0.25, 0.3) is 0 Å². The molecule has 0 spiro atoms. The van der Waals surface area contributed by atoms with E-state index >= 15 is 0 Å². The molecule has 3 N–H and O–H groups in total. The van der Waals surface area contributed by atoms with Crippen molar-refractivity contribution in [3.63, 3.8) is 0 Å². The van der Waals surface area contributed by atoms with E-state index in [0.29, 0.717) is 12.1 Å². The van der Waals surface area contributed by atoms with Gasteiger partial charge in [0.15, 0.2) is 11.6 Å². The molecule has 0 heterocycles. The third kappa shape index (κ3) is 5.05. The Kier molecular flexibility index (Phi) is 5.33. The summed E-state index contributed by atoms with van der Waals surface area (Å²) in [5.41, 5.74) is -0.425. The quantitative estimate of drug-likeness (QED) is 0.772. The molecule has 0 aliphatic rings. The first-order valence-corrected chi connectivity index (χ1v) is 6.45.